The second-order valence-corrected chi connectivity index (χ2v) is 6.28. The highest BCUT2D eigenvalue weighted by atomic mass is 32.1. The number of thiophene rings is 1. The zero-order valence-corrected chi connectivity index (χ0v) is 13.0. The number of aliphatic hydroxyl groups excluding tert-OH is 1. The molecule has 0 saturated carbocycles. The predicted octanol–water partition coefficient (Wildman–Crippen LogP) is 1.55. The van der Waals surface area contributed by atoms with E-state index in [4.69, 9.17) is 5.11 Å². The van der Waals surface area contributed by atoms with Gasteiger partial charge in [0.25, 0.3) is 0 Å². The number of amides is 2. The van der Waals surface area contributed by atoms with Gasteiger partial charge in [-0.15, -0.1) is 11.3 Å². The number of aliphatic hydroxyl groups is 1. The van der Waals surface area contributed by atoms with Crippen molar-refractivity contribution in [2.45, 2.75) is 32.4 Å². The second kappa shape index (κ2) is 6.44. The first-order valence-electron chi connectivity index (χ1n) is 6.94. The molecule has 2 N–H and O–H groups in total. The molecule has 7 heteroatoms. The Labute approximate surface area is 127 Å². The van der Waals surface area contributed by atoms with Crippen molar-refractivity contribution in [3.63, 3.8) is 0 Å². The van der Waals surface area contributed by atoms with Gasteiger partial charge in [-0.25, -0.2) is 9.59 Å². The summed E-state index contributed by atoms with van der Waals surface area (Å²) >= 11 is 1.53. The van der Waals surface area contributed by atoms with E-state index in [-0.39, 0.29) is 25.2 Å². The third-order valence-corrected chi connectivity index (χ3v) is 4.65. The van der Waals surface area contributed by atoms with Gasteiger partial charge in [0.2, 0.25) is 0 Å². The second-order valence-electron chi connectivity index (χ2n) is 5.28. The predicted molar refractivity (Wildman–Crippen MR) is 79.4 cm³/mol. The number of hydrogen-bond acceptors (Lipinski definition) is 4. The van der Waals surface area contributed by atoms with Gasteiger partial charge in [0.15, 0.2) is 6.04 Å². The van der Waals surface area contributed by atoms with Crippen LogP contribution >= 0.6 is 11.3 Å². The molecule has 2 rings (SSSR count). The fourth-order valence-corrected chi connectivity index (χ4v) is 3.54. The molecule has 0 bridgehead atoms. The first-order chi connectivity index (χ1) is 9.97. The van der Waals surface area contributed by atoms with Crippen LogP contribution in [0.15, 0.2) is 11.4 Å². The highest BCUT2D eigenvalue weighted by Crippen LogP contribution is 2.34. The van der Waals surface area contributed by atoms with Crippen LogP contribution in [0.3, 0.4) is 0 Å². The molecule has 21 heavy (non-hydrogen) atoms. The molecular weight excluding hydrogens is 292 g/mol. The Balaban J connectivity index is 2.30. The van der Waals surface area contributed by atoms with E-state index in [0.29, 0.717) is 18.5 Å². The van der Waals surface area contributed by atoms with Gasteiger partial charge < -0.3 is 20.0 Å². The lowest BCUT2D eigenvalue weighted by Crippen LogP contribution is -2.52. The number of carbonyl (C=O) groups excluding carboxylic acids is 1. The summed E-state index contributed by atoms with van der Waals surface area (Å²) in [6.07, 6.45) is 0.674. The number of urea groups is 1. The third-order valence-electron chi connectivity index (χ3n) is 3.66. The first kappa shape index (κ1) is 15.8. The lowest BCUT2D eigenvalue weighted by atomic mass is 10.0. The summed E-state index contributed by atoms with van der Waals surface area (Å²) in [5, 5.41) is 20.5. The Hall–Kier alpha value is -1.60. The van der Waals surface area contributed by atoms with Crippen molar-refractivity contribution in [3.05, 3.63) is 21.9 Å². The van der Waals surface area contributed by atoms with Gasteiger partial charge in [0, 0.05) is 24.0 Å². The Morgan fingerprint density at radius 1 is 1.52 bits per heavy atom. The van der Waals surface area contributed by atoms with Crippen LogP contribution in [-0.4, -0.2) is 57.8 Å². The maximum absolute atomic E-state index is 12.7. The molecule has 2 amide bonds. The molecular formula is C14H20N2O4S. The van der Waals surface area contributed by atoms with Crippen LogP contribution in [0, 0.1) is 0 Å². The smallest absolute Gasteiger partial charge is 0.331 e. The minimum absolute atomic E-state index is 0.0945. The quantitative estimate of drug-likeness (QED) is 0.884. The van der Waals surface area contributed by atoms with Gasteiger partial charge in [-0.2, -0.15) is 0 Å². The van der Waals surface area contributed by atoms with Crippen molar-refractivity contribution >= 4 is 23.3 Å². The van der Waals surface area contributed by atoms with E-state index >= 15 is 0 Å². The molecule has 0 aliphatic carbocycles. The summed E-state index contributed by atoms with van der Waals surface area (Å²) in [6, 6.07) is 0.419. The lowest BCUT2D eigenvalue weighted by Gasteiger charge is -2.38. The van der Waals surface area contributed by atoms with E-state index < -0.39 is 12.0 Å². The van der Waals surface area contributed by atoms with Gasteiger partial charge in [-0.05, 0) is 37.3 Å². The number of carboxylic acid groups (broad SMARTS) is 1. The normalized spacial score (nSPS) is 17.7. The van der Waals surface area contributed by atoms with Crippen molar-refractivity contribution < 1.29 is 19.8 Å². The SMILES string of the molecule is CC(C)N(CCO)C(=O)N1CCc2sccc2C1C(=O)O. The Kier molecular flexibility index (Phi) is 4.84. The summed E-state index contributed by atoms with van der Waals surface area (Å²) < 4.78 is 0. The van der Waals surface area contributed by atoms with Crippen molar-refractivity contribution in [2.75, 3.05) is 19.7 Å². The van der Waals surface area contributed by atoms with E-state index in [9.17, 15) is 14.7 Å². The molecule has 2 heterocycles. The topological polar surface area (TPSA) is 81.1 Å². The first-order valence-corrected chi connectivity index (χ1v) is 7.82. The summed E-state index contributed by atoms with van der Waals surface area (Å²) in [4.78, 5) is 28.2. The van der Waals surface area contributed by atoms with Crippen molar-refractivity contribution in [1.82, 2.24) is 9.80 Å². The van der Waals surface area contributed by atoms with E-state index in [2.05, 4.69) is 0 Å². The standard InChI is InChI=1S/C14H20N2O4S/c1-9(2)15(6-7-17)14(20)16-5-3-11-10(4-8-21-11)12(16)13(18)19/h4,8-9,12,17H,3,5-7H2,1-2H3,(H,18,19). The number of carbonyl (C=O) groups is 2. The number of aliphatic carboxylic acids is 1. The zero-order valence-electron chi connectivity index (χ0n) is 12.2. The van der Waals surface area contributed by atoms with Crippen LogP contribution in [0.1, 0.15) is 30.3 Å². The van der Waals surface area contributed by atoms with Gasteiger partial charge in [0.05, 0.1) is 6.61 Å². The summed E-state index contributed by atoms with van der Waals surface area (Å²) in [6.45, 7) is 4.15. The molecule has 0 radical (unpaired) electrons. The summed E-state index contributed by atoms with van der Waals surface area (Å²) in [5.74, 6) is -1.02. The van der Waals surface area contributed by atoms with Gasteiger partial charge in [-0.1, -0.05) is 0 Å². The molecule has 1 unspecified atom stereocenters. The van der Waals surface area contributed by atoms with E-state index in [1.165, 1.54) is 21.1 Å². The Morgan fingerprint density at radius 3 is 2.81 bits per heavy atom. The van der Waals surface area contributed by atoms with Crippen LogP contribution in [0.25, 0.3) is 0 Å². The molecule has 1 aliphatic heterocycles. The highest BCUT2D eigenvalue weighted by molar-refractivity contribution is 7.10. The summed E-state index contributed by atoms with van der Waals surface area (Å²) in [5.41, 5.74) is 0.708. The van der Waals surface area contributed by atoms with Crippen LogP contribution in [0.5, 0.6) is 0 Å². The molecule has 0 aromatic carbocycles. The minimum atomic E-state index is -1.02. The Morgan fingerprint density at radius 2 is 2.24 bits per heavy atom. The number of fused-ring (bicyclic) bond motifs is 1. The van der Waals surface area contributed by atoms with Crippen LogP contribution in [-0.2, 0) is 11.2 Å². The van der Waals surface area contributed by atoms with E-state index in [0.717, 1.165) is 4.88 Å². The van der Waals surface area contributed by atoms with Crippen molar-refractivity contribution in [3.8, 4) is 0 Å². The average Bonchev–Trinajstić information content (AvgIpc) is 2.90. The van der Waals surface area contributed by atoms with Crippen LogP contribution < -0.4 is 0 Å². The van der Waals surface area contributed by atoms with Gasteiger partial charge in [0.1, 0.15) is 0 Å². The van der Waals surface area contributed by atoms with Gasteiger partial charge in [-0.3, -0.25) is 0 Å². The number of rotatable bonds is 4. The molecule has 6 nitrogen and oxygen atoms in total. The van der Waals surface area contributed by atoms with Gasteiger partial charge >= 0.3 is 12.0 Å². The monoisotopic (exact) mass is 312 g/mol. The summed E-state index contributed by atoms with van der Waals surface area (Å²) in [7, 11) is 0. The lowest BCUT2D eigenvalue weighted by molar-refractivity contribution is -0.143. The number of hydrogen-bond donors (Lipinski definition) is 2. The zero-order chi connectivity index (χ0) is 15.6. The molecule has 0 saturated heterocycles. The fraction of sp³-hybridized carbons (Fsp3) is 0.571. The molecule has 1 aliphatic rings. The van der Waals surface area contributed by atoms with Crippen LogP contribution in [0.2, 0.25) is 0 Å². The Bertz CT molecular complexity index is 529. The molecule has 0 spiro atoms. The fourth-order valence-electron chi connectivity index (χ4n) is 2.64. The third kappa shape index (κ3) is 3.03. The maximum atomic E-state index is 12.7. The maximum Gasteiger partial charge on any atom is 0.331 e. The minimum Gasteiger partial charge on any atom is -0.479 e. The molecule has 116 valence electrons. The molecule has 0 fully saturated rings. The van der Waals surface area contributed by atoms with Crippen molar-refractivity contribution in [1.29, 1.82) is 0 Å². The average molecular weight is 312 g/mol. The van der Waals surface area contributed by atoms with Crippen molar-refractivity contribution in [2.24, 2.45) is 0 Å². The molecule has 1 aromatic rings. The number of nitrogens with zero attached hydrogens (tertiary/aromatic N) is 2. The van der Waals surface area contributed by atoms with E-state index in [1.807, 2.05) is 19.2 Å². The number of carboxylic acids is 1. The molecule has 1 aromatic heterocycles. The largest absolute Gasteiger partial charge is 0.479 e. The highest BCUT2D eigenvalue weighted by Gasteiger charge is 2.38. The van der Waals surface area contributed by atoms with Crippen LogP contribution in [0.4, 0.5) is 4.79 Å². The van der Waals surface area contributed by atoms with E-state index in [1.54, 1.807) is 6.07 Å². The molecule has 1 atom stereocenters.